The number of rotatable bonds is 5. The second kappa shape index (κ2) is 7.15. The molecule has 5 heteroatoms. The number of anilines is 1. The number of unbranched alkanes of at least 4 members (excludes halogenated alkanes) is 1. The molecular weight excluding hydrogens is 240 g/mol. The molecule has 0 heterocycles. The Morgan fingerprint density at radius 3 is 2.63 bits per heavy atom. The van der Waals surface area contributed by atoms with Crippen LogP contribution in [0.3, 0.4) is 0 Å². The summed E-state index contributed by atoms with van der Waals surface area (Å²) in [7, 11) is 0. The fourth-order valence-corrected chi connectivity index (χ4v) is 1.60. The minimum atomic E-state index is -0.555. The maximum absolute atomic E-state index is 11.8. The van der Waals surface area contributed by atoms with Crippen LogP contribution < -0.4 is 11.1 Å². The third-order valence-electron chi connectivity index (χ3n) is 2.73. The van der Waals surface area contributed by atoms with Crippen LogP contribution in [0.4, 0.5) is 5.69 Å². The smallest absolute Gasteiger partial charge is 0.241 e. The summed E-state index contributed by atoms with van der Waals surface area (Å²) in [5.41, 5.74) is 6.75. The van der Waals surface area contributed by atoms with Crippen molar-refractivity contribution < 1.29 is 4.79 Å². The predicted octanol–water partition coefficient (Wildman–Crippen LogP) is 1.89. The highest BCUT2D eigenvalue weighted by molar-refractivity contribution is 5.94. The van der Waals surface area contributed by atoms with Crippen molar-refractivity contribution in [3.8, 4) is 12.1 Å². The first-order chi connectivity index (χ1) is 9.12. The van der Waals surface area contributed by atoms with E-state index in [0.29, 0.717) is 12.1 Å². The summed E-state index contributed by atoms with van der Waals surface area (Å²) in [5, 5.41) is 20.3. The average molecular weight is 256 g/mol. The van der Waals surface area contributed by atoms with Gasteiger partial charge in [0.25, 0.3) is 0 Å². The van der Waals surface area contributed by atoms with Crippen molar-refractivity contribution >= 4 is 11.6 Å². The van der Waals surface area contributed by atoms with Gasteiger partial charge >= 0.3 is 0 Å². The van der Waals surface area contributed by atoms with Gasteiger partial charge in [0.1, 0.15) is 12.1 Å². The number of nitrogens with two attached hydrogens (primary N) is 1. The normalized spacial score (nSPS) is 11.2. The Bertz CT molecular complexity index is 539. The molecule has 1 amide bonds. The molecule has 1 unspecified atom stereocenters. The molecule has 0 saturated heterocycles. The lowest BCUT2D eigenvalue weighted by Gasteiger charge is -2.12. The Hall–Kier alpha value is -2.37. The summed E-state index contributed by atoms with van der Waals surface area (Å²) >= 11 is 0. The topological polar surface area (TPSA) is 103 Å². The van der Waals surface area contributed by atoms with Crippen molar-refractivity contribution in [1.29, 1.82) is 10.5 Å². The van der Waals surface area contributed by atoms with E-state index < -0.39 is 6.04 Å². The Kier molecular flexibility index (Phi) is 5.53. The van der Waals surface area contributed by atoms with E-state index in [0.717, 1.165) is 12.8 Å². The van der Waals surface area contributed by atoms with E-state index in [4.69, 9.17) is 16.3 Å². The van der Waals surface area contributed by atoms with Crippen molar-refractivity contribution in [2.45, 2.75) is 32.2 Å². The Labute approximate surface area is 112 Å². The number of benzene rings is 1. The number of nitriles is 2. The Morgan fingerprint density at radius 2 is 2.05 bits per heavy atom. The van der Waals surface area contributed by atoms with Gasteiger partial charge < -0.3 is 11.1 Å². The summed E-state index contributed by atoms with van der Waals surface area (Å²) < 4.78 is 0. The van der Waals surface area contributed by atoms with Gasteiger partial charge in [0.15, 0.2) is 0 Å². The molecule has 0 aliphatic carbocycles. The number of carbonyl (C=O) groups is 1. The van der Waals surface area contributed by atoms with Crippen molar-refractivity contribution in [1.82, 2.24) is 0 Å². The molecule has 1 aromatic carbocycles. The lowest BCUT2D eigenvalue weighted by atomic mass is 10.1. The first-order valence-electron chi connectivity index (χ1n) is 6.13. The van der Waals surface area contributed by atoms with Crippen LogP contribution in [0.25, 0.3) is 0 Å². The third-order valence-corrected chi connectivity index (χ3v) is 2.73. The first kappa shape index (κ1) is 14.7. The molecule has 5 nitrogen and oxygen atoms in total. The molecule has 98 valence electrons. The van der Waals surface area contributed by atoms with Gasteiger partial charge in [-0.3, -0.25) is 4.79 Å². The fourth-order valence-electron chi connectivity index (χ4n) is 1.60. The molecule has 0 bridgehead atoms. The van der Waals surface area contributed by atoms with E-state index in [-0.39, 0.29) is 17.0 Å². The molecular formula is C14H16N4O. The van der Waals surface area contributed by atoms with E-state index in [9.17, 15) is 4.79 Å². The molecule has 0 radical (unpaired) electrons. The van der Waals surface area contributed by atoms with Crippen LogP contribution in [0.1, 0.15) is 37.3 Å². The minimum absolute atomic E-state index is 0.238. The van der Waals surface area contributed by atoms with Crippen molar-refractivity contribution in [2.24, 2.45) is 5.73 Å². The highest BCUT2D eigenvalue weighted by atomic mass is 16.2. The fraction of sp³-hybridized carbons (Fsp3) is 0.357. The Morgan fingerprint density at radius 1 is 1.37 bits per heavy atom. The van der Waals surface area contributed by atoms with Crippen LogP contribution in [-0.2, 0) is 4.79 Å². The average Bonchev–Trinajstić information content (AvgIpc) is 2.44. The maximum Gasteiger partial charge on any atom is 0.241 e. The van der Waals surface area contributed by atoms with Crippen LogP contribution >= 0.6 is 0 Å². The zero-order chi connectivity index (χ0) is 14.3. The number of nitrogens with zero attached hydrogens (tertiary/aromatic N) is 2. The van der Waals surface area contributed by atoms with Crippen molar-refractivity contribution in [3.05, 3.63) is 29.3 Å². The lowest BCUT2D eigenvalue weighted by molar-refractivity contribution is -0.117. The predicted molar refractivity (Wildman–Crippen MR) is 72.0 cm³/mol. The van der Waals surface area contributed by atoms with Gasteiger partial charge in [-0.1, -0.05) is 19.8 Å². The molecule has 1 atom stereocenters. The van der Waals surface area contributed by atoms with E-state index in [1.54, 1.807) is 6.07 Å². The van der Waals surface area contributed by atoms with E-state index in [1.807, 2.05) is 19.1 Å². The van der Waals surface area contributed by atoms with Gasteiger partial charge in [-0.25, -0.2) is 0 Å². The van der Waals surface area contributed by atoms with Gasteiger partial charge in [-0.2, -0.15) is 10.5 Å². The molecule has 0 saturated carbocycles. The number of hydrogen-bond acceptors (Lipinski definition) is 4. The van der Waals surface area contributed by atoms with Gasteiger partial charge in [-0.15, -0.1) is 0 Å². The summed E-state index contributed by atoms with van der Waals surface area (Å²) in [6.07, 6.45) is 2.51. The quantitative estimate of drug-likeness (QED) is 0.839. The zero-order valence-electron chi connectivity index (χ0n) is 10.8. The second-order valence-electron chi connectivity index (χ2n) is 4.22. The standard InChI is InChI=1S/C14H16N4O/c1-2-3-4-13(17)14(19)18-12-6-5-10(8-15)11(7-12)9-16/h5-7,13H,2-4,17H2,1H3,(H,18,19). The highest BCUT2D eigenvalue weighted by Crippen LogP contribution is 2.15. The van der Waals surface area contributed by atoms with Gasteiger partial charge in [0.2, 0.25) is 5.91 Å². The van der Waals surface area contributed by atoms with E-state index >= 15 is 0 Å². The van der Waals surface area contributed by atoms with Gasteiger partial charge in [0.05, 0.1) is 17.2 Å². The van der Waals surface area contributed by atoms with Crippen LogP contribution in [0, 0.1) is 22.7 Å². The number of nitrogens with one attached hydrogen (secondary N) is 1. The molecule has 0 fully saturated rings. The summed E-state index contributed by atoms with van der Waals surface area (Å²) in [4.78, 5) is 11.8. The summed E-state index contributed by atoms with van der Waals surface area (Å²) in [6.45, 7) is 2.03. The molecule has 1 rings (SSSR count). The van der Waals surface area contributed by atoms with Crippen LogP contribution in [0.5, 0.6) is 0 Å². The summed E-state index contributed by atoms with van der Waals surface area (Å²) in [6, 6.07) is 7.85. The van der Waals surface area contributed by atoms with Crippen molar-refractivity contribution in [3.63, 3.8) is 0 Å². The largest absolute Gasteiger partial charge is 0.325 e. The SMILES string of the molecule is CCCCC(N)C(=O)Nc1ccc(C#N)c(C#N)c1. The number of hydrogen-bond donors (Lipinski definition) is 2. The van der Waals surface area contributed by atoms with E-state index in [1.165, 1.54) is 12.1 Å². The van der Waals surface area contributed by atoms with Gasteiger partial charge in [0, 0.05) is 5.69 Å². The zero-order valence-corrected chi connectivity index (χ0v) is 10.8. The molecule has 0 aliphatic heterocycles. The monoisotopic (exact) mass is 256 g/mol. The molecule has 3 N–H and O–H groups in total. The highest BCUT2D eigenvalue weighted by Gasteiger charge is 2.13. The lowest BCUT2D eigenvalue weighted by Crippen LogP contribution is -2.35. The minimum Gasteiger partial charge on any atom is -0.325 e. The molecule has 19 heavy (non-hydrogen) atoms. The third kappa shape index (κ3) is 4.09. The van der Waals surface area contributed by atoms with Crippen molar-refractivity contribution in [2.75, 3.05) is 5.32 Å². The summed E-state index contributed by atoms with van der Waals surface area (Å²) in [5.74, 6) is -0.276. The van der Waals surface area contributed by atoms with Crippen LogP contribution in [-0.4, -0.2) is 11.9 Å². The maximum atomic E-state index is 11.8. The molecule has 0 aromatic heterocycles. The van der Waals surface area contributed by atoms with Gasteiger partial charge in [-0.05, 0) is 24.6 Å². The molecule has 1 aromatic rings. The van der Waals surface area contributed by atoms with Crippen LogP contribution in [0.2, 0.25) is 0 Å². The first-order valence-corrected chi connectivity index (χ1v) is 6.13. The number of amides is 1. The van der Waals surface area contributed by atoms with Crippen LogP contribution in [0.15, 0.2) is 18.2 Å². The molecule has 0 aliphatic rings. The number of carbonyl (C=O) groups excluding carboxylic acids is 1. The molecule has 0 spiro atoms. The second-order valence-corrected chi connectivity index (χ2v) is 4.22. The Balaban J connectivity index is 2.76. The van der Waals surface area contributed by atoms with E-state index in [2.05, 4.69) is 5.32 Å².